The fourth-order valence-corrected chi connectivity index (χ4v) is 2.61. The van der Waals surface area contributed by atoms with Gasteiger partial charge in [0.15, 0.2) is 0 Å². The van der Waals surface area contributed by atoms with Crippen molar-refractivity contribution in [3.05, 3.63) is 35.8 Å². The van der Waals surface area contributed by atoms with Gasteiger partial charge < -0.3 is 15.4 Å². The maximum Gasteiger partial charge on any atom is 0.407 e. The Balaban J connectivity index is 1.81. The lowest BCUT2D eigenvalue weighted by Crippen LogP contribution is -2.38. The lowest BCUT2D eigenvalue weighted by atomic mass is 10.2. The zero-order chi connectivity index (χ0) is 16.9. The van der Waals surface area contributed by atoms with Crippen LogP contribution in [0.4, 0.5) is 10.5 Å². The summed E-state index contributed by atoms with van der Waals surface area (Å²) in [6.45, 7) is 8.03. The number of rotatable bonds is 5. The van der Waals surface area contributed by atoms with E-state index in [9.17, 15) is 4.79 Å². The molecule has 1 aromatic heterocycles. The summed E-state index contributed by atoms with van der Waals surface area (Å²) in [5.74, 6) is 0. The van der Waals surface area contributed by atoms with Crippen LogP contribution in [0.2, 0.25) is 0 Å². The highest BCUT2D eigenvalue weighted by molar-refractivity contribution is 7.13. The molecule has 5 nitrogen and oxygen atoms in total. The molecule has 0 fully saturated rings. The summed E-state index contributed by atoms with van der Waals surface area (Å²) in [6, 6.07) is 8.19. The molecule has 2 aromatic rings. The fraction of sp³-hybridized carbons (Fsp3) is 0.412. The summed E-state index contributed by atoms with van der Waals surface area (Å²) in [7, 11) is 0. The van der Waals surface area contributed by atoms with Gasteiger partial charge in [0.1, 0.15) is 10.6 Å². The van der Waals surface area contributed by atoms with Crippen LogP contribution in [0, 0.1) is 0 Å². The van der Waals surface area contributed by atoms with Crippen molar-refractivity contribution in [3.8, 4) is 10.6 Å². The zero-order valence-electron chi connectivity index (χ0n) is 13.9. The van der Waals surface area contributed by atoms with Crippen LogP contribution in [0.3, 0.4) is 0 Å². The third-order valence-electron chi connectivity index (χ3n) is 2.93. The molecule has 23 heavy (non-hydrogen) atoms. The second kappa shape index (κ2) is 7.46. The number of benzene rings is 1. The Kier molecular flexibility index (Phi) is 5.60. The average molecular weight is 333 g/mol. The molecule has 0 bridgehead atoms. The summed E-state index contributed by atoms with van der Waals surface area (Å²) in [5, 5.41) is 9.08. The van der Waals surface area contributed by atoms with Gasteiger partial charge in [-0.2, -0.15) is 0 Å². The summed E-state index contributed by atoms with van der Waals surface area (Å²) in [5.41, 5.74) is 1.63. The van der Waals surface area contributed by atoms with Crippen LogP contribution >= 0.6 is 11.3 Å². The van der Waals surface area contributed by atoms with E-state index in [1.165, 1.54) is 0 Å². The van der Waals surface area contributed by atoms with Crippen molar-refractivity contribution in [2.75, 3.05) is 11.9 Å². The standard InChI is InChI=1S/C17H23N3O2S/c1-12(11-19-16(21)22-17(2,3)4)20-14-7-5-13(6-8-14)15-18-9-10-23-15/h5-10,12,20H,11H2,1-4H3,(H,19,21). The van der Waals surface area contributed by atoms with Crippen LogP contribution in [0.25, 0.3) is 10.6 Å². The normalized spacial score (nSPS) is 12.5. The Bertz CT molecular complexity index is 618. The van der Waals surface area contributed by atoms with E-state index in [-0.39, 0.29) is 6.04 Å². The van der Waals surface area contributed by atoms with E-state index < -0.39 is 11.7 Å². The van der Waals surface area contributed by atoms with Crippen molar-refractivity contribution >= 4 is 23.1 Å². The van der Waals surface area contributed by atoms with Crippen molar-refractivity contribution < 1.29 is 9.53 Å². The molecule has 1 heterocycles. The third-order valence-corrected chi connectivity index (χ3v) is 3.75. The number of hydrogen-bond donors (Lipinski definition) is 2. The number of ether oxygens (including phenoxy) is 1. The predicted octanol–water partition coefficient (Wildman–Crippen LogP) is 4.14. The van der Waals surface area contributed by atoms with Gasteiger partial charge >= 0.3 is 6.09 Å². The molecule has 1 aromatic carbocycles. The van der Waals surface area contributed by atoms with Gasteiger partial charge in [-0.25, -0.2) is 9.78 Å². The van der Waals surface area contributed by atoms with E-state index in [0.29, 0.717) is 6.54 Å². The summed E-state index contributed by atoms with van der Waals surface area (Å²) >= 11 is 1.62. The smallest absolute Gasteiger partial charge is 0.407 e. The number of nitrogens with one attached hydrogen (secondary N) is 2. The molecule has 1 amide bonds. The topological polar surface area (TPSA) is 63.2 Å². The number of carbonyl (C=O) groups excluding carboxylic acids is 1. The van der Waals surface area contributed by atoms with E-state index in [1.807, 2.05) is 57.3 Å². The monoisotopic (exact) mass is 333 g/mol. The van der Waals surface area contributed by atoms with Crippen LogP contribution < -0.4 is 10.6 Å². The van der Waals surface area contributed by atoms with Gasteiger partial charge in [-0.3, -0.25) is 0 Å². The summed E-state index contributed by atoms with van der Waals surface area (Å²) < 4.78 is 5.21. The van der Waals surface area contributed by atoms with Crippen molar-refractivity contribution in [3.63, 3.8) is 0 Å². The zero-order valence-corrected chi connectivity index (χ0v) is 14.7. The number of anilines is 1. The highest BCUT2D eigenvalue weighted by Gasteiger charge is 2.16. The maximum atomic E-state index is 11.6. The summed E-state index contributed by atoms with van der Waals surface area (Å²) in [6.07, 6.45) is 1.40. The molecule has 124 valence electrons. The largest absolute Gasteiger partial charge is 0.444 e. The van der Waals surface area contributed by atoms with Gasteiger partial charge in [-0.15, -0.1) is 11.3 Å². The van der Waals surface area contributed by atoms with Gasteiger partial charge in [0.25, 0.3) is 0 Å². The van der Waals surface area contributed by atoms with Crippen molar-refractivity contribution in [2.24, 2.45) is 0 Å². The Morgan fingerprint density at radius 3 is 2.57 bits per heavy atom. The summed E-state index contributed by atoms with van der Waals surface area (Å²) in [4.78, 5) is 15.9. The second-order valence-corrected chi connectivity index (χ2v) is 7.24. The van der Waals surface area contributed by atoms with Gasteiger partial charge in [0.2, 0.25) is 0 Å². The SMILES string of the molecule is CC(CNC(=O)OC(C)(C)C)Nc1ccc(-c2nccs2)cc1. The predicted molar refractivity (Wildman–Crippen MR) is 94.9 cm³/mol. The minimum atomic E-state index is -0.480. The minimum Gasteiger partial charge on any atom is -0.444 e. The Hall–Kier alpha value is -2.08. The molecule has 1 unspecified atom stereocenters. The first kappa shape index (κ1) is 17.3. The van der Waals surface area contributed by atoms with Crippen LogP contribution in [0.15, 0.2) is 35.8 Å². The van der Waals surface area contributed by atoms with Gasteiger partial charge in [-0.05, 0) is 52.0 Å². The highest BCUT2D eigenvalue weighted by atomic mass is 32.1. The van der Waals surface area contributed by atoms with E-state index in [2.05, 4.69) is 15.6 Å². The molecule has 0 aliphatic carbocycles. The van der Waals surface area contributed by atoms with E-state index in [0.717, 1.165) is 16.3 Å². The first-order chi connectivity index (χ1) is 10.8. The first-order valence-electron chi connectivity index (χ1n) is 7.57. The number of carbonyl (C=O) groups is 1. The number of hydrogen-bond acceptors (Lipinski definition) is 5. The number of nitrogens with zero attached hydrogens (tertiary/aromatic N) is 1. The first-order valence-corrected chi connectivity index (χ1v) is 8.45. The highest BCUT2D eigenvalue weighted by Crippen LogP contribution is 2.23. The number of amides is 1. The van der Waals surface area contributed by atoms with Gasteiger partial charge in [0, 0.05) is 35.4 Å². The molecule has 0 saturated carbocycles. The second-order valence-electron chi connectivity index (χ2n) is 6.34. The molecular weight excluding hydrogens is 310 g/mol. The molecule has 0 aliphatic rings. The molecule has 0 radical (unpaired) electrons. The molecule has 0 saturated heterocycles. The fourth-order valence-electron chi connectivity index (χ4n) is 1.96. The number of thiazole rings is 1. The third kappa shape index (κ3) is 5.90. The van der Waals surface area contributed by atoms with Crippen LogP contribution in [-0.2, 0) is 4.74 Å². The van der Waals surface area contributed by atoms with E-state index in [4.69, 9.17) is 4.74 Å². The molecule has 2 rings (SSSR count). The Morgan fingerprint density at radius 1 is 1.30 bits per heavy atom. The molecule has 6 heteroatoms. The molecule has 1 atom stereocenters. The van der Waals surface area contributed by atoms with Gasteiger partial charge in [-0.1, -0.05) is 0 Å². The van der Waals surface area contributed by atoms with E-state index in [1.54, 1.807) is 17.5 Å². The van der Waals surface area contributed by atoms with Gasteiger partial charge in [0.05, 0.1) is 0 Å². The molecule has 0 aliphatic heterocycles. The Morgan fingerprint density at radius 2 is 2.00 bits per heavy atom. The molecule has 0 spiro atoms. The van der Waals surface area contributed by atoms with Crippen molar-refractivity contribution in [1.82, 2.24) is 10.3 Å². The van der Waals surface area contributed by atoms with E-state index >= 15 is 0 Å². The molecule has 2 N–H and O–H groups in total. The average Bonchev–Trinajstić information content (AvgIpc) is 2.98. The quantitative estimate of drug-likeness (QED) is 0.863. The maximum absolute atomic E-state index is 11.6. The van der Waals surface area contributed by atoms with Crippen LogP contribution in [0.5, 0.6) is 0 Å². The Labute approximate surface area is 141 Å². The van der Waals surface area contributed by atoms with Crippen LogP contribution in [0.1, 0.15) is 27.7 Å². The van der Waals surface area contributed by atoms with Crippen molar-refractivity contribution in [2.45, 2.75) is 39.3 Å². The minimum absolute atomic E-state index is 0.0910. The lowest BCUT2D eigenvalue weighted by molar-refractivity contribution is 0.0526. The van der Waals surface area contributed by atoms with Crippen molar-refractivity contribution in [1.29, 1.82) is 0 Å². The lowest BCUT2D eigenvalue weighted by Gasteiger charge is -2.21. The number of aromatic nitrogens is 1. The van der Waals surface area contributed by atoms with Crippen LogP contribution in [-0.4, -0.2) is 29.3 Å². The molecular formula is C17H23N3O2S. The number of alkyl carbamates (subject to hydrolysis) is 1.